The van der Waals surface area contributed by atoms with Crippen molar-refractivity contribution in [2.24, 2.45) is 0 Å². The molecular weight excluding hydrogens is 302 g/mol. The van der Waals surface area contributed by atoms with Crippen LogP contribution >= 0.6 is 34.2 Å². The number of aromatic nitrogens is 2. The van der Waals surface area contributed by atoms with E-state index >= 15 is 0 Å². The molecule has 1 N–H and O–H groups in total. The van der Waals surface area contributed by atoms with Crippen molar-refractivity contribution in [3.63, 3.8) is 0 Å². The summed E-state index contributed by atoms with van der Waals surface area (Å²) in [6.45, 7) is 0. The largest absolute Gasteiger partial charge is 0.313 e. The summed E-state index contributed by atoms with van der Waals surface area (Å²) < 4.78 is 0.925. The highest BCUT2D eigenvalue weighted by atomic mass is 127. The van der Waals surface area contributed by atoms with Gasteiger partial charge in [0.15, 0.2) is 0 Å². The second kappa shape index (κ2) is 3.26. The number of aromatic amines is 1. The predicted molar refractivity (Wildman–Crippen MR) is 60.1 cm³/mol. The smallest absolute Gasteiger partial charge is 0.258 e. The van der Waals surface area contributed by atoms with Crippen LogP contribution in [0.3, 0.4) is 0 Å². The Morgan fingerprint density at radius 3 is 3.00 bits per heavy atom. The Labute approximate surface area is 92.3 Å². The molecule has 0 aliphatic carbocycles. The molecule has 5 heteroatoms. The molecule has 0 radical (unpaired) electrons. The van der Waals surface area contributed by atoms with E-state index in [1.807, 2.05) is 0 Å². The van der Waals surface area contributed by atoms with Crippen LogP contribution in [0, 0.1) is 3.57 Å². The van der Waals surface area contributed by atoms with E-state index in [0.29, 0.717) is 15.9 Å². The average Bonchev–Trinajstić information content (AvgIpc) is 2.07. The van der Waals surface area contributed by atoms with Gasteiger partial charge in [-0.3, -0.25) is 4.79 Å². The highest BCUT2D eigenvalue weighted by molar-refractivity contribution is 14.1. The van der Waals surface area contributed by atoms with Crippen molar-refractivity contribution in [2.45, 2.75) is 0 Å². The molecule has 0 atom stereocenters. The Kier molecular flexibility index (Phi) is 2.25. The van der Waals surface area contributed by atoms with Gasteiger partial charge in [0.25, 0.3) is 5.56 Å². The lowest BCUT2D eigenvalue weighted by atomic mass is 10.2. The van der Waals surface area contributed by atoms with Crippen molar-refractivity contribution < 1.29 is 0 Å². The van der Waals surface area contributed by atoms with E-state index in [0.717, 1.165) is 3.57 Å². The summed E-state index contributed by atoms with van der Waals surface area (Å²) in [7, 11) is 0. The highest BCUT2D eigenvalue weighted by Gasteiger charge is 2.04. The summed E-state index contributed by atoms with van der Waals surface area (Å²) in [4.78, 5) is 17.8. The quantitative estimate of drug-likeness (QED) is 0.758. The molecule has 2 rings (SSSR count). The normalized spacial score (nSPS) is 10.6. The Hall–Kier alpha value is -0.620. The molecule has 1 aromatic heterocycles. The van der Waals surface area contributed by atoms with E-state index in [9.17, 15) is 4.79 Å². The number of halogens is 2. The fourth-order valence-corrected chi connectivity index (χ4v) is 2.18. The molecule has 0 saturated heterocycles. The van der Waals surface area contributed by atoms with Gasteiger partial charge in [0.05, 0.1) is 22.3 Å². The van der Waals surface area contributed by atoms with Crippen molar-refractivity contribution in [3.8, 4) is 0 Å². The number of hydrogen-bond acceptors (Lipinski definition) is 2. The molecule has 1 heterocycles. The molecule has 0 spiro atoms. The van der Waals surface area contributed by atoms with E-state index < -0.39 is 0 Å². The molecule has 0 unspecified atom stereocenters. The minimum absolute atomic E-state index is 0.162. The fraction of sp³-hybridized carbons (Fsp3) is 0. The van der Waals surface area contributed by atoms with Crippen LogP contribution in [0.5, 0.6) is 0 Å². The molecule has 3 nitrogen and oxygen atoms in total. The molecule has 0 bridgehead atoms. The second-order valence-electron chi connectivity index (χ2n) is 2.52. The van der Waals surface area contributed by atoms with Gasteiger partial charge in [0, 0.05) is 3.57 Å². The van der Waals surface area contributed by atoms with Crippen molar-refractivity contribution in [2.75, 3.05) is 0 Å². The minimum Gasteiger partial charge on any atom is -0.313 e. The second-order valence-corrected chi connectivity index (χ2v) is 4.17. The summed E-state index contributed by atoms with van der Waals surface area (Å²) in [6.07, 6.45) is 1.35. The van der Waals surface area contributed by atoms with Crippen molar-refractivity contribution in [1.82, 2.24) is 9.97 Å². The van der Waals surface area contributed by atoms with E-state index in [-0.39, 0.29) is 5.56 Å². The molecular formula is C8H4ClIN2O. The van der Waals surface area contributed by atoms with Gasteiger partial charge in [-0.15, -0.1) is 0 Å². The molecule has 66 valence electrons. The first-order valence-electron chi connectivity index (χ1n) is 3.51. The van der Waals surface area contributed by atoms with Crippen LogP contribution in [0.15, 0.2) is 23.3 Å². The number of H-pyrrole nitrogens is 1. The molecule has 0 aliphatic heterocycles. The first-order chi connectivity index (χ1) is 6.18. The molecule has 0 aliphatic rings. The lowest BCUT2D eigenvalue weighted by molar-refractivity contribution is 1.17. The molecule has 2 aromatic rings. The minimum atomic E-state index is -0.162. The number of nitrogens with zero attached hydrogens (tertiary/aromatic N) is 1. The SMILES string of the molecule is O=c1[nH]cnc2c(Cl)cc(I)cc12. The Bertz CT molecular complexity index is 523. The lowest BCUT2D eigenvalue weighted by Crippen LogP contribution is -2.06. The van der Waals surface area contributed by atoms with E-state index in [1.165, 1.54) is 6.33 Å². The number of fused-ring (bicyclic) bond motifs is 1. The Balaban J connectivity index is 3.03. The first kappa shape index (κ1) is 8.96. The van der Waals surface area contributed by atoms with Crippen molar-refractivity contribution in [1.29, 1.82) is 0 Å². The monoisotopic (exact) mass is 306 g/mol. The number of hydrogen-bond donors (Lipinski definition) is 1. The Morgan fingerprint density at radius 1 is 1.46 bits per heavy atom. The maximum absolute atomic E-state index is 11.3. The van der Waals surface area contributed by atoms with Crippen LogP contribution in [0.25, 0.3) is 10.9 Å². The zero-order chi connectivity index (χ0) is 9.42. The highest BCUT2D eigenvalue weighted by Crippen LogP contribution is 2.21. The summed E-state index contributed by atoms with van der Waals surface area (Å²) in [5, 5.41) is 1.03. The summed E-state index contributed by atoms with van der Waals surface area (Å²) >= 11 is 8.02. The van der Waals surface area contributed by atoms with Crippen LogP contribution in [0.2, 0.25) is 5.02 Å². The van der Waals surface area contributed by atoms with Crippen LogP contribution in [0.1, 0.15) is 0 Å². The molecule has 0 fully saturated rings. The fourth-order valence-electron chi connectivity index (χ4n) is 1.10. The van der Waals surface area contributed by atoms with Gasteiger partial charge in [-0.25, -0.2) is 4.98 Å². The van der Waals surface area contributed by atoms with Gasteiger partial charge < -0.3 is 4.98 Å². The summed E-state index contributed by atoms with van der Waals surface area (Å²) in [5.41, 5.74) is 0.385. The molecule has 0 amide bonds. The third-order valence-electron chi connectivity index (χ3n) is 1.66. The number of benzene rings is 1. The molecule has 13 heavy (non-hydrogen) atoms. The molecule has 1 aromatic carbocycles. The maximum Gasteiger partial charge on any atom is 0.258 e. The van der Waals surface area contributed by atoms with E-state index in [4.69, 9.17) is 11.6 Å². The van der Waals surface area contributed by atoms with Gasteiger partial charge in [-0.2, -0.15) is 0 Å². The van der Waals surface area contributed by atoms with Gasteiger partial charge in [-0.1, -0.05) is 11.6 Å². The van der Waals surface area contributed by atoms with Crippen LogP contribution in [-0.4, -0.2) is 9.97 Å². The van der Waals surface area contributed by atoms with Crippen LogP contribution in [0.4, 0.5) is 0 Å². The third kappa shape index (κ3) is 1.55. The van der Waals surface area contributed by atoms with E-state index in [1.54, 1.807) is 12.1 Å². The summed E-state index contributed by atoms with van der Waals surface area (Å²) in [6, 6.07) is 3.53. The van der Waals surface area contributed by atoms with Crippen LogP contribution in [-0.2, 0) is 0 Å². The van der Waals surface area contributed by atoms with Gasteiger partial charge >= 0.3 is 0 Å². The standard InChI is InChI=1S/C8H4ClIN2O/c9-6-2-4(10)1-5-7(6)11-3-12-8(5)13/h1-3H,(H,11,12,13). The maximum atomic E-state index is 11.3. The first-order valence-corrected chi connectivity index (χ1v) is 4.96. The zero-order valence-corrected chi connectivity index (χ0v) is 9.26. The van der Waals surface area contributed by atoms with Gasteiger partial charge in [0.1, 0.15) is 0 Å². The van der Waals surface area contributed by atoms with Gasteiger partial charge in [0.2, 0.25) is 0 Å². The van der Waals surface area contributed by atoms with E-state index in [2.05, 4.69) is 32.6 Å². The average molecular weight is 306 g/mol. The summed E-state index contributed by atoms with van der Waals surface area (Å²) in [5.74, 6) is 0. The molecule has 0 saturated carbocycles. The Morgan fingerprint density at radius 2 is 2.23 bits per heavy atom. The van der Waals surface area contributed by atoms with Crippen molar-refractivity contribution >= 4 is 45.1 Å². The third-order valence-corrected chi connectivity index (χ3v) is 2.57. The zero-order valence-electron chi connectivity index (χ0n) is 6.34. The van der Waals surface area contributed by atoms with Gasteiger partial charge in [-0.05, 0) is 34.7 Å². The number of nitrogens with one attached hydrogen (secondary N) is 1. The number of rotatable bonds is 0. The topological polar surface area (TPSA) is 45.8 Å². The van der Waals surface area contributed by atoms with Crippen molar-refractivity contribution in [3.05, 3.63) is 37.4 Å². The predicted octanol–water partition coefficient (Wildman–Crippen LogP) is 2.18. The lowest BCUT2D eigenvalue weighted by Gasteiger charge is -1.98. The van der Waals surface area contributed by atoms with Crippen LogP contribution < -0.4 is 5.56 Å².